The van der Waals surface area contributed by atoms with Gasteiger partial charge in [0.25, 0.3) is 0 Å². The van der Waals surface area contributed by atoms with Crippen LogP contribution in [0.25, 0.3) is 0 Å². The normalized spacial score (nSPS) is 18.1. The Labute approximate surface area is 115 Å². The Morgan fingerprint density at radius 1 is 1.22 bits per heavy atom. The average Bonchev–Trinajstić information content (AvgIpc) is 2.38. The fraction of sp³-hybridized carbons (Fsp3) is 0.571. The number of piperazine rings is 1. The van der Waals surface area contributed by atoms with Gasteiger partial charge in [-0.1, -0.05) is 25.5 Å². The number of halogens is 2. The second-order valence-corrected chi connectivity index (χ2v) is 4.64. The monoisotopic (exact) mass is 272 g/mol. The second-order valence-electron chi connectivity index (χ2n) is 4.64. The molecule has 4 heteroatoms. The summed E-state index contributed by atoms with van der Waals surface area (Å²) in [5, 5.41) is 3.37. The molecule has 1 aromatic rings. The van der Waals surface area contributed by atoms with Crippen molar-refractivity contribution in [3.8, 4) is 0 Å². The Bertz CT molecular complexity index is 336. The van der Waals surface area contributed by atoms with Crippen LogP contribution in [-0.2, 0) is 0 Å². The van der Waals surface area contributed by atoms with Crippen molar-refractivity contribution >= 4 is 12.4 Å². The van der Waals surface area contributed by atoms with E-state index < -0.39 is 0 Å². The highest BCUT2D eigenvalue weighted by Crippen LogP contribution is 2.26. The molecule has 102 valence electrons. The quantitative estimate of drug-likeness (QED) is 0.907. The van der Waals surface area contributed by atoms with Gasteiger partial charge in [-0.3, -0.25) is 4.90 Å². The molecule has 0 bridgehead atoms. The molecule has 2 rings (SSSR count). The van der Waals surface area contributed by atoms with Crippen LogP contribution in [0.15, 0.2) is 24.3 Å². The van der Waals surface area contributed by atoms with Gasteiger partial charge in [-0.15, -0.1) is 12.4 Å². The Hall–Kier alpha value is -0.640. The second kappa shape index (κ2) is 7.72. The van der Waals surface area contributed by atoms with Crippen molar-refractivity contribution < 1.29 is 4.39 Å². The van der Waals surface area contributed by atoms with Crippen LogP contribution in [0.5, 0.6) is 0 Å². The van der Waals surface area contributed by atoms with Crippen LogP contribution < -0.4 is 5.32 Å². The topological polar surface area (TPSA) is 15.3 Å². The highest BCUT2D eigenvalue weighted by atomic mass is 35.5. The van der Waals surface area contributed by atoms with Gasteiger partial charge in [0.2, 0.25) is 0 Å². The summed E-state index contributed by atoms with van der Waals surface area (Å²) < 4.78 is 13.0. The molecule has 0 unspecified atom stereocenters. The number of benzene rings is 1. The minimum absolute atomic E-state index is 0. The van der Waals surface area contributed by atoms with E-state index in [1.807, 2.05) is 12.1 Å². The Kier molecular flexibility index (Phi) is 6.61. The lowest BCUT2D eigenvalue weighted by Gasteiger charge is -2.35. The zero-order chi connectivity index (χ0) is 12.1. The molecule has 0 aromatic heterocycles. The molecule has 1 aliphatic rings. The highest BCUT2D eigenvalue weighted by Gasteiger charge is 2.21. The minimum Gasteiger partial charge on any atom is -0.314 e. The van der Waals surface area contributed by atoms with Gasteiger partial charge in [0.1, 0.15) is 5.82 Å². The van der Waals surface area contributed by atoms with E-state index in [4.69, 9.17) is 0 Å². The van der Waals surface area contributed by atoms with Crippen molar-refractivity contribution in [1.29, 1.82) is 0 Å². The smallest absolute Gasteiger partial charge is 0.123 e. The van der Waals surface area contributed by atoms with Crippen molar-refractivity contribution in [2.75, 3.05) is 26.2 Å². The summed E-state index contributed by atoms with van der Waals surface area (Å²) in [6.45, 7) is 6.49. The van der Waals surface area contributed by atoms with Gasteiger partial charge in [-0.05, 0) is 24.1 Å². The van der Waals surface area contributed by atoms with Crippen molar-refractivity contribution in [1.82, 2.24) is 10.2 Å². The molecule has 1 heterocycles. The van der Waals surface area contributed by atoms with Crippen LogP contribution in [0.2, 0.25) is 0 Å². The average molecular weight is 273 g/mol. The van der Waals surface area contributed by atoms with Crippen LogP contribution >= 0.6 is 12.4 Å². The summed E-state index contributed by atoms with van der Waals surface area (Å²) in [4.78, 5) is 2.51. The van der Waals surface area contributed by atoms with E-state index in [-0.39, 0.29) is 18.2 Å². The third kappa shape index (κ3) is 3.94. The highest BCUT2D eigenvalue weighted by molar-refractivity contribution is 5.85. The molecule has 1 fully saturated rings. The number of hydrogen-bond acceptors (Lipinski definition) is 2. The van der Waals surface area contributed by atoms with Gasteiger partial charge in [0, 0.05) is 32.2 Å². The number of nitrogens with zero attached hydrogens (tertiary/aromatic N) is 1. The van der Waals surface area contributed by atoms with E-state index in [1.165, 1.54) is 5.56 Å². The van der Waals surface area contributed by atoms with E-state index in [9.17, 15) is 4.39 Å². The lowest BCUT2D eigenvalue weighted by molar-refractivity contribution is 0.164. The lowest BCUT2D eigenvalue weighted by Crippen LogP contribution is -2.45. The molecule has 0 aliphatic carbocycles. The molecule has 18 heavy (non-hydrogen) atoms. The van der Waals surface area contributed by atoms with Gasteiger partial charge in [0.15, 0.2) is 0 Å². The molecule has 1 atom stereocenters. The van der Waals surface area contributed by atoms with Crippen LogP contribution in [0.3, 0.4) is 0 Å². The van der Waals surface area contributed by atoms with Gasteiger partial charge in [-0.2, -0.15) is 0 Å². The maximum atomic E-state index is 13.0. The first-order valence-corrected chi connectivity index (χ1v) is 6.51. The molecule has 1 aliphatic heterocycles. The van der Waals surface area contributed by atoms with Crippen molar-refractivity contribution in [2.24, 2.45) is 0 Å². The number of nitrogens with one attached hydrogen (secondary N) is 1. The van der Waals surface area contributed by atoms with Gasteiger partial charge in [-0.25, -0.2) is 4.39 Å². The SMILES string of the molecule is CCC[C@H](c1ccc(F)cc1)N1CCNCC1.Cl. The van der Waals surface area contributed by atoms with E-state index in [0.717, 1.165) is 39.0 Å². The summed E-state index contributed by atoms with van der Waals surface area (Å²) in [6, 6.07) is 7.44. The molecule has 1 N–H and O–H groups in total. The third-order valence-corrected chi connectivity index (χ3v) is 3.41. The van der Waals surface area contributed by atoms with Crippen molar-refractivity contribution in [2.45, 2.75) is 25.8 Å². The van der Waals surface area contributed by atoms with Gasteiger partial charge in [0.05, 0.1) is 0 Å². The first-order valence-electron chi connectivity index (χ1n) is 6.51. The molecule has 1 aromatic carbocycles. The molecule has 0 saturated carbocycles. The summed E-state index contributed by atoms with van der Waals surface area (Å²) in [7, 11) is 0. The van der Waals surface area contributed by atoms with E-state index in [2.05, 4.69) is 17.1 Å². The molecule has 0 amide bonds. The summed E-state index contributed by atoms with van der Waals surface area (Å²) in [6.07, 6.45) is 2.30. The zero-order valence-corrected chi connectivity index (χ0v) is 11.7. The van der Waals surface area contributed by atoms with Crippen molar-refractivity contribution in [3.05, 3.63) is 35.6 Å². The van der Waals surface area contributed by atoms with E-state index >= 15 is 0 Å². The zero-order valence-electron chi connectivity index (χ0n) is 10.9. The number of hydrogen-bond donors (Lipinski definition) is 1. The van der Waals surface area contributed by atoms with Crippen LogP contribution in [0, 0.1) is 5.82 Å². The molecular weight excluding hydrogens is 251 g/mol. The molecule has 2 nitrogen and oxygen atoms in total. The fourth-order valence-electron chi connectivity index (χ4n) is 2.51. The molecular formula is C14H22ClFN2. The van der Waals surface area contributed by atoms with Crippen LogP contribution in [0.4, 0.5) is 4.39 Å². The molecule has 0 spiro atoms. The van der Waals surface area contributed by atoms with Gasteiger partial charge >= 0.3 is 0 Å². The Balaban J connectivity index is 0.00000162. The third-order valence-electron chi connectivity index (χ3n) is 3.41. The maximum Gasteiger partial charge on any atom is 0.123 e. The van der Waals surface area contributed by atoms with Gasteiger partial charge < -0.3 is 5.32 Å². The fourth-order valence-corrected chi connectivity index (χ4v) is 2.51. The predicted molar refractivity (Wildman–Crippen MR) is 75.7 cm³/mol. The standard InChI is InChI=1S/C14H21FN2.ClH/c1-2-3-14(17-10-8-16-9-11-17)12-4-6-13(15)7-5-12;/h4-7,14,16H,2-3,8-11H2,1H3;1H/t14-;/m1./s1. The predicted octanol–water partition coefficient (Wildman–Crippen LogP) is 2.99. The maximum absolute atomic E-state index is 13.0. The summed E-state index contributed by atoms with van der Waals surface area (Å²) >= 11 is 0. The van der Waals surface area contributed by atoms with E-state index in [0.29, 0.717) is 6.04 Å². The minimum atomic E-state index is -0.149. The van der Waals surface area contributed by atoms with Crippen molar-refractivity contribution in [3.63, 3.8) is 0 Å². The largest absolute Gasteiger partial charge is 0.314 e. The summed E-state index contributed by atoms with van der Waals surface area (Å²) in [5.41, 5.74) is 1.25. The Morgan fingerprint density at radius 3 is 2.39 bits per heavy atom. The van der Waals surface area contributed by atoms with Crippen LogP contribution in [-0.4, -0.2) is 31.1 Å². The van der Waals surface area contributed by atoms with Crippen LogP contribution in [0.1, 0.15) is 31.4 Å². The summed E-state index contributed by atoms with van der Waals surface area (Å²) in [5.74, 6) is -0.149. The first kappa shape index (κ1) is 15.4. The molecule has 1 saturated heterocycles. The first-order chi connectivity index (χ1) is 8.31. The van der Waals surface area contributed by atoms with E-state index in [1.54, 1.807) is 12.1 Å². The number of rotatable bonds is 4. The lowest BCUT2D eigenvalue weighted by atomic mass is 10.00. The molecule has 0 radical (unpaired) electrons. The Morgan fingerprint density at radius 2 is 1.83 bits per heavy atom.